The van der Waals surface area contributed by atoms with Crippen molar-refractivity contribution in [2.45, 2.75) is 26.1 Å². The molecule has 4 heteroatoms. The van der Waals surface area contributed by atoms with Crippen LogP contribution in [0.1, 0.15) is 24.0 Å². The third-order valence-corrected chi connectivity index (χ3v) is 3.68. The molecular weight excluding hydrogens is 304 g/mol. The Hall–Kier alpha value is -2.04. The Labute approximate surface area is 144 Å². The van der Waals surface area contributed by atoms with Crippen LogP contribution in [-0.2, 0) is 22.7 Å². The van der Waals surface area contributed by atoms with E-state index in [-0.39, 0.29) is 0 Å². The van der Waals surface area contributed by atoms with Gasteiger partial charge in [-0.15, -0.1) is 0 Å². The molecule has 2 rings (SSSR count). The maximum atomic E-state index is 5.67. The lowest BCUT2D eigenvalue weighted by molar-refractivity contribution is 0.0898. The summed E-state index contributed by atoms with van der Waals surface area (Å²) in [5, 5.41) is 0. The van der Waals surface area contributed by atoms with Gasteiger partial charge in [0.05, 0.1) is 27.4 Å². The molecule has 0 amide bonds. The Balaban J connectivity index is 1.48. The molecule has 2 aromatic carbocycles. The summed E-state index contributed by atoms with van der Waals surface area (Å²) < 4.78 is 21.6. The van der Waals surface area contributed by atoms with Crippen LogP contribution in [0.5, 0.6) is 11.5 Å². The SMILES string of the molecule is COc1ccc(COCCCCOCc2ccc(OC)cc2)cc1. The zero-order valence-electron chi connectivity index (χ0n) is 14.5. The first-order valence-corrected chi connectivity index (χ1v) is 8.23. The van der Waals surface area contributed by atoms with E-state index in [1.807, 2.05) is 48.5 Å². The Morgan fingerprint density at radius 1 is 0.583 bits per heavy atom. The van der Waals surface area contributed by atoms with Crippen molar-refractivity contribution in [1.29, 1.82) is 0 Å². The van der Waals surface area contributed by atoms with Gasteiger partial charge in [-0.2, -0.15) is 0 Å². The molecular formula is C20H26O4. The maximum Gasteiger partial charge on any atom is 0.118 e. The van der Waals surface area contributed by atoms with Crippen LogP contribution in [0, 0.1) is 0 Å². The minimum absolute atomic E-state index is 0.636. The van der Waals surface area contributed by atoms with Crippen LogP contribution in [0.2, 0.25) is 0 Å². The average molecular weight is 330 g/mol. The largest absolute Gasteiger partial charge is 0.497 e. The number of unbranched alkanes of at least 4 members (excludes halogenated alkanes) is 1. The highest BCUT2D eigenvalue weighted by Gasteiger charge is 1.97. The van der Waals surface area contributed by atoms with Crippen LogP contribution < -0.4 is 9.47 Å². The maximum absolute atomic E-state index is 5.67. The van der Waals surface area contributed by atoms with Gasteiger partial charge in [-0.25, -0.2) is 0 Å². The van der Waals surface area contributed by atoms with E-state index in [1.54, 1.807) is 14.2 Å². The predicted molar refractivity (Wildman–Crippen MR) is 94.5 cm³/mol. The summed E-state index contributed by atoms with van der Waals surface area (Å²) in [5.74, 6) is 1.74. The molecule has 0 saturated carbocycles. The summed E-state index contributed by atoms with van der Waals surface area (Å²) in [6, 6.07) is 15.9. The lowest BCUT2D eigenvalue weighted by Gasteiger charge is -2.07. The molecule has 0 aliphatic rings. The van der Waals surface area contributed by atoms with Crippen LogP contribution in [-0.4, -0.2) is 27.4 Å². The van der Waals surface area contributed by atoms with Crippen LogP contribution >= 0.6 is 0 Å². The molecule has 0 aliphatic carbocycles. The highest BCUT2D eigenvalue weighted by Crippen LogP contribution is 2.13. The Morgan fingerprint density at radius 3 is 1.29 bits per heavy atom. The van der Waals surface area contributed by atoms with E-state index in [1.165, 1.54) is 0 Å². The lowest BCUT2D eigenvalue weighted by Crippen LogP contribution is -2.00. The highest BCUT2D eigenvalue weighted by molar-refractivity contribution is 5.27. The number of ether oxygens (including phenoxy) is 4. The van der Waals surface area contributed by atoms with Crippen molar-refractivity contribution in [3.63, 3.8) is 0 Å². The first-order chi connectivity index (χ1) is 11.8. The van der Waals surface area contributed by atoms with Crippen LogP contribution in [0.3, 0.4) is 0 Å². The van der Waals surface area contributed by atoms with Gasteiger partial charge in [0.15, 0.2) is 0 Å². The zero-order chi connectivity index (χ0) is 17.0. The third-order valence-electron chi connectivity index (χ3n) is 3.68. The summed E-state index contributed by atoms with van der Waals surface area (Å²) in [6.07, 6.45) is 2.00. The second-order valence-corrected chi connectivity index (χ2v) is 5.51. The van der Waals surface area contributed by atoms with Crippen molar-refractivity contribution < 1.29 is 18.9 Å². The molecule has 0 fully saturated rings. The van der Waals surface area contributed by atoms with Crippen LogP contribution in [0.4, 0.5) is 0 Å². The van der Waals surface area contributed by atoms with Gasteiger partial charge in [0.25, 0.3) is 0 Å². The molecule has 0 N–H and O–H groups in total. The van der Waals surface area contributed by atoms with Crippen molar-refractivity contribution >= 4 is 0 Å². The number of hydrogen-bond donors (Lipinski definition) is 0. The Bertz CT molecular complexity index is 510. The molecule has 0 atom stereocenters. The van der Waals surface area contributed by atoms with Gasteiger partial charge in [0.2, 0.25) is 0 Å². The lowest BCUT2D eigenvalue weighted by atomic mass is 10.2. The quantitative estimate of drug-likeness (QED) is 0.578. The monoisotopic (exact) mass is 330 g/mol. The van der Waals surface area contributed by atoms with E-state index < -0.39 is 0 Å². The van der Waals surface area contributed by atoms with E-state index in [4.69, 9.17) is 18.9 Å². The Morgan fingerprint density at radius 2 is 0.958 bits per heavy atom. The standard InChI is InChI=1S/C20H26O4/c1-21-19-9-5-17(6-10-19)15-23-13-3-4-14-24-16-18-7-11-20(22-2)12-8-18/h5-12H,3-4,13-16H2,1-2H3. The van der Waals surface area contributed by atoms with Gasteiger partial charge in [-0.05, 0) is 48.2 Å². The van der Waals surface area contributed by atoms with Gasteiger partial charge < -0.3 is 18.9 Å². The molecule has 0 saturated heterocycles. The molecule has 0 heterocycles. The number of methoxy groups -OCH3 is 2. The summed E-state index contributed by atoms with van der Waals surface area (Å²) in [5.41, 5.74) is 2.32. The van der Waals surface area contributed by atoms with E-state index in [2.05, 4.69) is 0 Å². The second-order valence-electron chi connectivity index (χ2n) is 5.51. The fourth-order valence-electron chi connectivity index (χ4n) is 2.23. The minimum atomic E-state index is 0.636. The van der Waals surface area contributed by atoms with Gasteiger partial charge in [-0.1, -0.05) is 24.3 Å². The van der Waals surface area contributed by atoms with E-state index in [9.17, 15) is 0 Å². The van der Waals surface area contributed by atoms with Crippen LogP contribution in [0.15, 0.2) is 48.5 Å². The summed E-state index contributed by atoms with van der Waals surface area (Å²) in [7, 11) is 3.34. The predicted octanol–water partition coefficient (Wildman–Crippen LogP) is 4.22. The molecule has 0 radical (unpaired) electrons. The molecule has 0 bridgehead atoms. The molecule has 0 aromatic heterocycles. The van der Waals surface area contributed by atoms with Gasteiger partial charge in [-0.3, -0.25) is 0 Å². The van der Waals surface area contributed by atoms with Crippen molar-refractivity contribution in [3.8, 4) is 11.5 Å². The van der Waals surface area contributed by atoms with E-state index >= 15 is 0 Å². The first kappa shape index (κ1) is 18.3. The topological polar surface area (TPSA) is 36.9 Å². The number of hydrogen-bond acceptors (Lipinski definition) is 4. The Kier molecular flexibility index (Phi) is 8.15. The van der Waals surface area contributed by atoms with E-state index in [0.29, 0.717) is 13.2 Å². The molecule has 0 spiro atoms. The molecule has 0 unspecified atom stereocenters. The summed E-state index contributed by atoms with van der Waals surface area (Å²) >= 11 is 0. The zero-order valence-corrected chi connectivity index (χ0v) is 14.5. The number of benzene rings is 2. The molecule has 24 heavy (non-hydrogen) atoms. The molecule has 4 nitrogen and oxygen atoms in total. The second kappa shape index (κ2) is 10.7. The molecule has 2 aromatic rings. The van der Waals surface area contributed by atoms with Gasteiger partial charge in [0, 0.05) is 13.2 Å². The van der Waals surface area contributed by atoms with Gasteiger partial charge >= 0.3 is 0 Å². The highest BCUT2D eigenvalue weighted by atomic mass is 16.5. The van der Waals surface area contributed by atoms with Crippen molar-refractivity contribution in [2.24, 2.45) is 0 Å². The van der Waals surface area contributed by atoms with Crippen LogP contribution in [0.25, 0.3) is 0 Å². The van der Waals surface area contributed by atoms with Gasteiger partial charge in [0.1, 0.15) is 11.5 Å². The van der Waals surface area contributed by atoms with Crippen molar-refractivity contribution in [2.75, 3.05) is 27.4 Å². The third kappa shape index (κ3) is 6.60. The normalized spacial score (nSPS) is 10.6. The fourth-order valence-corrected chi connectivity index (χ4v) is 2.23. The molecule has 0 aliphatic heterocycles. The number of rotatable bonds is 11. The summed E-state index contributed by atoms with van der Waals surface area (Å²) in [6.45, 7) is 2.77. The average Bonchev–Trinajstić information content (AvgIpc) is 2.65. The van der Waals surface area contributed by atoms with E-state index in [0.717, 1.165) is 48.7 Å². The smallest absolute Gasteiger partial charge is 0.118 e. The fraction of sp³-hybridized carbons (Fsp3) is 0.400. The van der Waals surface area contributed by atoms with Crippen molar-refractivity contribution in [3.05, 3.63) is 59.7 Å². The summed E-state index contributed by atoms with van der Waals surface area (Å²) in [4.78, 5) is 0. The van der Waals surface area contributed by atoms with Crippen molar-refractivity contribution in [1.82, 2.24) is 0 Å². The molecule has 130 valence electrons. The first-order valence-electron chi connectivity index (χ1n) is 8.23. The minimum Gasteiger partial charge on any atom is -0.497 e.